The molecule has 28 heavy (non-hydrogen) atoms. The van der Waals surface area contributed by atoms with Crippen molar-refractivity contribution in [3.63, 3.8) is 0 Å². The number of piperidine rings is 1. The van der Waals surface area contributed by atoms with E-state index in [4.69, 9.17) is 10.2 Å². The lowest BCUT2D eigenvalue weighted by atomic mass is 10.0. The molecule has 4 aliphatic rings. The Labute approximate surface area is 164 Å². The van der Waals surface area contributed by atoms with Crippen molar-refractivity contribution in [2.75, 3.05) is 13.1 Å². The third-order valence-corrected chi connectivity index (χ3v) is 6.28. The van der Waals surface area contributed by atoms with Crippen molar-refractivity contribution in [3.05, 3.63) is 39.8 Å². The number of rotatable bonds is 3. The van der Waals surface area contributed by atoms with Crippen molar-refractivity contribution in [2.24, 2.45) is 5.10 Å². The summed E-state index contributed by atoms with van der Waals surface area (Å²) in [5, 5.41) is 22.9. The van der Waals surface area contributed by atoms with Crippen molar-refractivity contribution in [1.82, 2.24) is 29.9 Å². The Hall–Kier alpha value is -2.41. The van der Waals surface area contributed by atoms with E-state index >= 15 is 0 Å². The van der Waals surface area contributed by atoms with Crippen LogP contribution in [0.25, 0.3) is 11.0 Å². The van der Waals surface area contributed by atoms with Gasteiger partial charge in [-0.2, -0.15) is 15.3 Å². The average molecular weight is 380 g/mol. The molecule has 1 aliphatic carbocycles. The summed E-state index contributed by atoms with van der Waals surface area (Å²) in [6.07, 6.45) is 4.18. The molecule has 1 saturated heterocycles. The van der Waals surface area contributed by atoms with Crippen LogP contribution in [-0.2, 0) is 6.54 Å². The Balaban J connectivity index is 1.58. The van der Waals surface area contributed by atoms with Crippen LogP contribution in [0.15, 0.2) is 23.4 Å². The first-order valence-electron chi connectivity index (χ1n) is 10.5. The van der Waals surface area contributed by atoms with Crippen molar-refractivity contribution in [3.8, 4) is 0 Å². The number of H-pyrrole nitrogens is 1. The third kappa shape index (κ3) is 2.71. The molecule has 7 nitrogen and oxygen atoms in total. The summed E-state index contributed by atoms with van der Waals surface area (Å²) >= 11 is 0. The van der Waals surface area contributed by atoms with Crippen LogP contribution < -0.4 is 5.36 Å². The van der Waals surface area contributed by atoms with Gasteiger partial charge in [-0.3, -0.25) is 14.8 Å². The molecule has 0 amide bonds. The molecule has 1 aromatic heterocycles. The van der Waals surface area contributed by atoms with Crippen molar-refractivity contribution in [1.29, 1.82) is 0 Å². The second-order valence-corrected chi connectivity index (χ2v) is 8.69. The van der Waals surface area contributed by atoms with Crippen LogP contribution in [-0.4, -0.2) is 55.1 Å². The molecule has 1 aromatic rings. The van der Waals surface area contributed by atoms with Gasteiger partial charge >= 0.3 is 0 Å². The molecule has 7 heteroatoms. The summed E-state index contributed by atoms with van der Waals surface area (Å²) < 4.78 is 2.15. The van der Waals surface area contributed by atoms with Crippen molar-refractivity contribution < 1.29 is 0 Å². The van der Waals surface area contributed by atoms with E-state index in [1.807, 2.05) is 6.20 Å². The summed E-state index contributed by atoms with van der Waals surface area (Å²) in [6.45, 7) is 12.1. The molecule has 1 N–H and O–H groups in total. The second kappa shape index (κ2) is 6.58. The number of nitrogens with zero attached hydrogens (tertiary/aromatic N) is 6. The van der Waals surface area contributed by atoms with Gasteiger partial charge in [-0.25, -0.2) is 0 Å². The van der Waals surface area contributed by atoms with Gasteiger partial charge in [0, 0.05) is 36.8 Å². The molecular weight excluding hydrogens is 350 g/mol. The highest BCUT2D eigenvalue weighted by molar-refractivity contribution is 5.66. The van der Waals surface area contributed by atoms with E-state index in [0.717, 1.165) is 41.1 Å². The van der Waals surface area contributed by atoms with Crippen molar-refractivity contribution >= 4 is 11.0 Å². The van der Waals surface area contributed by atoms with Gasteiger partial charge in [0.25, 0.3) is 0 Å². The predicted octanol–water partition coefficient (Wildman–Crippen LogP) is 2.57. The molecular formula is C21H29N7. The van der Waals surface area contributed by atoms with Crippen LogP contribution in [0.3, 0.4) is 0 Å². The average Bonchev–Trinajstić information content (AvgIpc) is 3.24. The van der Waals surface area contributed by atoms with Crippen molar-refractivity contribution in [2.45, 2.75) is 65.2 Å². The first-order chi connectivity index (χ1) is 13.5. The Bertz CT molecular complexity index is 1130. The molecule has 0 radical (unpaired) electrons. The summed E-state index contributed by atoms with van der Waals surface area (Å²) in [5.41, 5.74) is 3.43. The number of aromatic nitrogens is 4. The minimum absolute atomic E-state index is 0.283. The normalized spacial score (nSPS) is 18.6. The number of likely N-dealkylation sites (tertiary alicyclic amines) is 1. The molecule has 0 bridgehead atoms. The van der Waals surface area contributed by atoms with Crippen LogP contribution in [0.5, 0.6) is 0 Å². The first kappa shape index (κ1) is 17.7. The SMILES string of the molecule is CC(C)N1CCC(N2Cc3c(ccc4[nH]ncc5nn(C(C)C)c3c5=4)=N2)CC1. The third-order valence-electron chi connectivity index (χ3n) is 6.28. The largest absolute Gasteiger partial charge is 0.301 e. The number of nitrogens with one attached hydrogen (secondary N) is 1. The topological polar surface area (TPSA) is 65.3 Å². The lowest BCUT2D eigenvalue weighted by molar-refractivity contribution is 0.0928. The van der Waals surface area contributed by atoms with Gasteiger partial charge in [-0.15, -0.1) is 0 Å². The van der Waals surface area contributed by atoms with Crippen LogP contribution in [0.4, 0.5) is 0 Å². The highest BCUT2D eigenvalue weighted by Crippen LogP contribution is 2.26. The van der Waals surface area contributed by atoms with E-state index < -0.39 is 0 Å². The fraction of sp³-hybridized carbons (Fsp3) is 0.571. The minimum Gasteiger partial charge on any atom is -0.301 e. The molecule has 0 unspecified atom stereocenters. The zero-order valence-electron chi connectivity index (χ0n) is 17.2. The molecule has 0 saturated carbocycles. The van der Waals surface area contributed by atoms with E-state index in [2.05, 4.69) is 64.6 Å². The molecule has 4 heterocycles. The zero-order chi connectivity index (χ0) is 19.4. The maximum Gasteiger partial charge on any atom is 0.115 e. The Morgan fingerprint density at radius 3 is 2.57 bits per heavy atom. The first-order valence-corrected chi connectivity index (χ1v) is 10.5. The number of hydrogen-bond donors (Lipinski definition) is 1. The van der Waals surface area contributed by atoms with Crippen LogP contribution in [0, 0.1) is 10.6 Å². The van der Waals surface area contributed by atoms with Gasteiger partial charge in [-0.05, 0) is 52.7 Å². The summed E-state index contributed by atoms with van der Waals surface area (Å²) in [7, 11) is 0. The molecule has 5 rings (SSSR count). The van der Waals surface area contributed by atoms with Gasteiger partial charge in [0.1, 0.15) is 5.52 Å². The fourth-order valence-electron chi connectivity index (χ4n) is 4.69. The molecule has 1 fully saturated rings. The van der Waals surface area contributed by atoms with Gasteiger partial charge in [0.2, 0.25) is 0 Å². The number of fused-ring (bicyclic) bond motifs is 2. The Morgan fingerprint density at radius 2 is 1.86 bits per heavy atom. The van der Waals surface area contributed by atoms with Crippen LogP contribution in [0.1, 0.15) is 52.1 Å². The lowest BCUT2D eigenvalue weighted by Gasteiger charge is -2.37. The van der Waals surface area contributed by atoms with E-state index in [1.165, 1.54) is 23.9 Å². The van der Waals surface area contributed by atoms with E-state index in [1.54, 1.807) is 0 Å². The summed E-state index contributed by atoms with van der Waals surface area (Å²) in [6, 6.07) is 5.66. The molecule has 0 atom stereocenters. The number of aromatic amines is 1. The molecule has 148 valence electrons. The van der Waals surface area contributed by atoms with E-state index in [9.17, 15) is 0 Å². The van der Waals surface area contributed by atoms with E-state index in [-0.39, 0.29) is 6.04 Å². The summed E-state index contributed by atoms with van der Waals surface area (Å²) in [4.78, 5) is 2.57. The monoisotopic (exact) mass is 379 g/mol. The maximum absolute atomic E-state index is 5.05. The molecule has 3 aliphatic heterocycles. The quantitative estimate of drug-likeness (QED) is 0.760. The van der Waals surface area contributed by atoms with Gasteiger partial charge in [-0.1, -0.05) is 0 Å². The smallest absolute Gasteiger partial charge is 0.115 e. The molecule has 0 aromatic carbocycles. The standard InChI is InChI=1S/C21H29N7/c1-13(2)26-9-7-15(8-10-26)27-12-16-17(24-27)5-6-18-20-19(11-22-23-18)25-28(14(3)4)21(16)20/h5-6,11,13-15,23H,7-10,12H2,1-4H3. The Morgan fingerprint density at radius 1 is 1.07 bits per heavy atom. The highest BCUT2D eigenvalue weighted by Gasteiger charge is 2.29. The predicted molar refractivity (Wildman–Crippen MR) is 108 cm³/mol. The van der Waals surface area contributed by atoms with Gasteiger partial charge < -0.3 is 4.90 Å². The summed E-state index contributed by atoms with van der Waals surface area (Å²) in [5.74, 6) is 0. The van der Waals surface area contributed by atoms with Gasteiger partial charge in [0.05, 0.1) is 34.2 Å². The number of hydrogen-bond acceptors (Lipinski definition) is 5. The van der Waals surface area contributed by atoms with Crippen LogP contribution >= 0.6 is 0 Å². The Kier molecular flexibility index (Phi) is 4.16. The maximum atomic E-state index is 5.05. The lowest BCUT2D eigenvalue weighted by Crippen LogP contribution is -2.44. The molecule has 0 spiro atoms. The van der Waals surface area contributed by atoms with Gasteiger partial charge in [0.15, 0.2) is 0 Å². The van der Waals surface area contributed by atoms with E-state index in [0.29, 0.717) is 12.1 Å². The fourth-order valence-corrected chi connectivity index (χ4v) is 4.69. The zero-order valence-corrected chi connectivity index (χ0v) is 17.2. The highest BCUT2D eigenvalue weighted by atomic mass is 15.5. The second-order valence-electron chi connectivity index (χ2n) is 8.69. The van der Waals surface area contributed by atoms with Crippen LogP contribution in [0.2, 0.25) is 0 Å². The minimum atomic E-state index is 0.283.